The van der Waals surface area contributed by atoms with Gasteiger partial charge < -0.3 is 5.73 Å². The Balaban J connectivity index is 2.34. The van der Waals surface area contributed by atoms with Crippen LogP contribution in [-0.4, -0.2) is 26.7 Å². The van der Waals surface area contributed by atoms with Gasteiger partial charge in [0.25, 0.3) is 0 Å². The SMILES string of the molecule is CCC(N)CC(=O)Nc1nnns1. The van der Waals surface area contributed by atoms with Gasteiger partial charge in [-0.15, -0.1) is 0 Å². The molecule has 1 aromatic heterocycles. The summed E-state index contributed by atoms with van der Waals surface area (Å²) in [5.41, 5.74) is 5.59. The Morgan fingerprint density at radius 3 is 3.08 bits per heavy atom. The van der Waals surface area contributed by atoms with Gasteiger partial charge in [-0.25, -0.2) is 0 Å². The van der Waals surface area contributed by atoms with Crippen molar-refractivity contribution in [3.8, 4) is 0 Å². The Morgan fingerprint density at radius 2 is 2.54 bits per heavy atom. The number of nitrogens with one attached hydrogen (secondary N) is 1. The van der Waals surface area contributed by atoms with Crippen LogP contribution in [0.3, 0.4) is 0 Å². The van der Waals surface area contributed by atoms with Crippen LogP contribution in [0.2, 0.25) is 0 Å². The van der Waals surface area contributed by atoms with Crippen LogP contribution in [0.25, 0.3) is 0 Å². The van der Waals surface area contributed by atoms with E-state index < -0.39 is 0 Å². The highest BCUT2D eigenvalue weighted by Crippen LogP contribution is 2.05. The molecule has 72 valence electrons. The maximum Gasteiger partial charge on any atom is 0.231 e. The van der Waals surface area contributed by atoms with Crippen molar-refractivity contribution in [1.82, 2.24) is 14.8 Å². The van der Waals surface area contributed by atoms with E-state index >= 15 is 0 Å². The first-order chi connectivity index (χ1) is 6.22. The molecule has 1 heterocycles. The summed E-state index contributed by atoms with van der Waals surface area (Å²) in [6.45, 7) is 1.93. The molecule has 0 spiro atoms. The molecular formula is C6H11N5OS. The number of hydrogen-bond donors (Lipinski definition) is 2. The third kappa shape index (κ3) is 3.43. The third-order valence-electron chi connectivity index (χ3n) is 1.52. The highest BCUT2D eigenvalue weighted by Gasteiger charge is 2.09. The molecule has 0 aliphatic rings. The first-order valence-electron chi connectivity index (χ1n) is 3.92. The maximum absolute atomic E-state index is 11.2. The zero-order valence-corrected chi connectivity index (χ0v) is 8.04. The number of nitrogens with zero attached hydrogens (tertiary/aromatic N) is 3. The summed E-state index contributed by atoms with van der Waals surface area (Å²) >= 11 is 1.04. The van der Waals surface area contributed by atoms with E-state index in [0.717, 1.165) is 18.0 Å². The summed E-state index contributed by atoms with van der Waals surface area (Å²) in [4.78, 5) is 11.2. The van der Waals surface area contributed by atoms with Gasteiger partial charge >= 0.3 is 0 Å². The van der Waals surface area contributed by atoms with E-state index in [1.54, 1.807) is 0 Å². The van der Waals surface area contributed by atoms with Gasteiger partial charge in [-0.05, 0) is 11.6 Å². The third-order valence-corrected chi connectivity index (χ3v) is 2.03. The zero-order valence-electron chi connectivity index (χ0n) is 7.23. The summed E-state index contributed by atoms with van der Waals surface area (Å²) < 4.78 is 3.51. The van der Waals surface area contributed by atoms with E-state index in [-0.39, 0.29) is 11.9 Å². The molecule has 6 nitrogen and oxygen atoms in total. The lowest BCUT2D eigenvalue weighted by Crippen LogP contribution is -2.26. The summed E-state index contributed by atoms with van der Waals surface area (Å²) in [5, 5.41) is 9.88. The van der Waals surface area contributed by atoms with Crippen LogP contribution in [0.1, 0.15) is 19.8 Å². The zero-order chi connectivity index (χ0) is 9.68. The number of anilines is 1. The average molecular weight is 201 g/mol. The molecule has 0 aliphatic heterocycles. The van der Waals surface area contributed by atoms with E-state index in [9.17, 15) is 4.79 Å². The van der Waals surface area contributed by atoms with E-state index in [4.69, 9.17) is 5.73 Å². The molecule has 1 unspecified atom stereocenters. The van der Waals surface area contributed by atoms with Gasteiger partial charge in [0.15, 0.2) is 0 Å². The fourth-order valence-electron chi connectivity index (χ4n) is 0.735. The van der Waals surface area contributed by atoms with Crippen LogP contribution in [0.15, 0.2) is 0 Å². The fraction of sp³-hybridized carbons (Fsp3) is 0.667. The number of carbonyl (C=O) groups excluding carboxylic acids is 1. The van der Waals surface area contributed by atoms with Gasteiger partial charge in [-0.1, -0.05) is 16.5 Å². The Kier molecular flexibility index (Phi) is 3.71. The molecule has 0 radical (unpaired) electrons. The van der Waals surface area contributed by atoms with Gasteiger partial charge in [-0.2, -0.15) is 0 Å². The number of amides is 1. The predicted molar refractivity (Wildman–Crippen MR) is 49.2 cm³/mol. The average Bonchev–Trinajstić information content (AvgIpc) is 2.56. The van der Waals surface area contributed by atoms with E-state index in [0.29, 0.717) is 11.6 Å². The number of aromatic nitrogens is 3. The molecule has 1 atom stereocenters. The predicted octanol–water partition coefficient (Wildman–Crippen LogP) is -0.00100. The first-order valence-corrected chi connectivity index (χ1v) is 4.70. The Bertz CT molecular complexity index is 262. The number of hydrogen-bond acceptors (Lipinski definition) is 6. The van der Waals surface area contributed by atoms with Crippen molar-refractivity contribution >= 4 is 22.6 Å². The van der Waals surface area contributed by atoms with Crippen LogP contribution < -0.4 is 11.1 Å². The highest BCUT2D eigenvalue weighted by atomic mass is 32.1. The van der Waals surface area contributed by atoms with Crippen molar-refractivity contribution < 1.29 is 4.79 Å². The minimum Gasteiger partial charge on any atom is -0.327 e. The van der Waals surface area contributed by atoms with Crippen molar-refractivity contribution in [2.45, 2.75) is 25.8 Å². The molecule has 3 N–H and O–H groups in total. The van der Waals surface area contributed by atoms with Crippen LogP contribution in [0.4, 0.5) is 5.13 Å². The molecule has 0 aliphatic carbocycles. The number of carbonyl (C=O) groups is 1. The summed E-state index contributed by atoms with van der Waals surface area (Å²) in [6.07, 6.45) is 1.08. The molecule has 1 rings (SSSR count). The molecule has 0 bridgehead atoms. The lowest BCUT2D eigenvalue weighted by atomic mass is 10.2. The Morgan fingerprint density at radius 1 is 1.77 bits per heavy atom. The van der Waals surface area contributed by atoms with E-state index in [1.165, 1.54) is 0 Å². The van der Waals surface area contributed by atoms with Gasteiger partial charge in [0.2, 0.25) is 11.0 Å². The normalized spacial score (nSPS) is 12.5. The molecule has 7 heteroatoms. The van der Waals surface area contributed by atoms with Crippen molar-refractivity contribution in [2.24, 2.45) is 5.73 Å². The molecule has 0 saturated heterocycles. The second kappa shape index (κ2) is 4.83. The van der Waals surface area contributed by atoms with Crippen LogP contribution in [0.5, 0.6) is 0 Å². The number of nitrogens with two attached hydrogens (primary N) is 1. The molecule has 0 aromatic carbocycles. The van der Waals surface area contributed by atoms with Gasteiger partial charge in [0, 0.05) is 24.0 Å². The van der Waals surface area contributed by atoms with Crippen molar-refractivity contribution in [2.75, 3.05) is 5.32 Å². The minimum atomic E-state index is -0.145. The van der Waals surface area contributed by atoms with Crippen LogP contribution >= 0.6 is 11.5 Å². The largest absolute Gasteiger partial charge is 0.327 e. The van der Waals surface area contributed by atoms with Crippen LogP contribution in [-0.2, 0) is 4.79 Å². The van der Waals surface area contributed by atoms with Crippen molar-refractivity contribution in [3.63, 3.8) is 0 Å². The molecule has 0 saturated carbocycles. The van der Waals surface area contributed by atoms with Gasteiger partial charge in [-0.3, -0.25) is 10.1 Å². The van der Waals surface area contributed by atoms with Crippen LogP contribution in [0, 0.1) is 0 Å². The lowest BCUT2D eigenvalue weighted by molar-refractivity contribution is -0.116. The molecule has 1 aromatic rings. The fourth-order valence-corrected chi connectivity index (χ4v) is 1.12. The van der Waals surface area contributed by atoms with E-state index in [2.05, 4.69) is 20.1 Å². The Hall–Kier alpha value is -1.08. The second-order valence-corrected chi connectivity index (χ2v) is 3.32. The summed E-state index contributed by atoms with van der Waals surface area (Å²) in [7, 11) is 0. The monoisotopic (exact) mass is 201 g/mol. The standard InChI is InChI=1S/C6H11N5OS/c1-2-4(7)3-5(12)8-6-9-10-11-13-6/h4H,2-3,7H2,1H3,(H,8,9,11,12). The summed E-state index contributed by atoms with van der Waals surface area (Å²) in [5.74, 6) is -0.145. The maximum atomic E-state index is 11.2. The second-order valence-electron chi connectivity index (χ2n) is 2.59. The van der Waals surface area contributed by atoms with Gasteiger partial charge in [0.1, 0.15) is 0 Å². The topological polar surface area (TPSA) is 93.8 Å². The highest BCUT2D eigenvalue weighted by molar-refractivity contribution is 7.09. The van der Waals surface area contributed by atoms with Crippen molar-refractivity contribution in [3.05, 3.63) is 0 Å². The molecular weight excluding hydrogens is 190 g/mol. The lowest BCUT2D eigenvalue weighted by Gasteiger charge is -2.06. The quantitative estimate of drug-likeness (QED) is 0.715. The number of rotatable bonds is 4. The first kappa shape index (κ1) is 10.0. The molecule has 0 fully saturated rings. The smallest absolute Gasteiger partial charge is 0.231 e. The summed E-state index contributed by atoms with van der Waals surface area (Å²) in [6, 6.07) is -0.0964. The van der Waals surface area contributed by atoms with Gasteiger partial charge in [0.05, 0.1) is 0 Å². The Labute approximate surface area is 79.7 Å². The van der Waals surface area contributed by atoms with E-state index in [1.807, 2.05) is 6.92 Å². The molecule has 13 heavy (non-hydrogen) atoms. The molecule has 1 amide bonds. The minimum absolute atomic E-state index is 0.0964. The van der Waals surface area contributed by atoms with Crippen molar-refractivity contribution in [1.29, 1.82) is 0 Å².